The van der Waals surface area contributed by atoms with E-state index in [2.05, 4.69) is 43.1 Å². The smallest absolute Gasteiger partial charge is 0.205 e. The third-order valence-electron chi connectivity index (χ3n) is 3.40. The van der Waals surface area contributed by atoms with Crippen molar-refractivity contribution in [2.75, 3.05) is 5.73 Å². The van der Waals surface area contributed by atoms with E-state index in [0.717, 1.165) is 16.7 Å². The van der Waals surface area contributed by atoms with E-state index in [0.29, 0.717) is 11.9 Å². The first kappa shape index (κ1) is 11.8. The molecule has 3 heteroatoms. The number of hydrogen-bond acceptors (Lipinski definition) is 2. The summed E-state index contributed by atoms with van der Waals surface area (Å²) in [5, 5.41) is 0. The lowest BCUT2D eigenvalue weighted by atomic mass is 10.0. The van der Waals surface area contributed by atoms with Crippen LogP contribution < -0.4 is 5.73 Å². The maximum absolute atomic E-state index is 6.04. The minimum Gasteiger partial charge on any atom is -0.369 e. The van der Waals surface area contributed by atoms with Crippen molar-refractivity contribution in [3.05, 3.63) is 54.1 Å². The minimum absolute atomic E-state index is 0.526. The first-order valence-electron chi connectivity index (χ1n) is 6.50. The Morgan fingerprint density at radius 3 is 2.37 bits per heavy atom. The topological polar surface area (TPSA) is 43.8 Å². The highest BCUT2D eigenvalue weighted by Gasteiger charge is 2.09. The summed E-state index contributed by atoms with van der Waals surface area (Å²) in [6.07, 6.45) is 0. The normalized spacial score (nSPS) is 11.3. The first-order chi connectivity index (χ1) is 9.16. The SMILES string of the molecule is CC(C)c1ccc(-n2c(N)nc3ccccc32)cc1. The summed E-state index contributed by atoms with van der Waals surface area (Å²) in [7, 11) is 0. The van der Waals surface area contributed by atoms with Crippen LogP contribution in [0.4, 0.5) is 5.95 Å². The van der Waals surface area contributed by atoms with Gasteiger partial charge in [0.05, 0.1) is 11.0 Å². The molecule has 3 aromatic rings. The Labute approximate surface area is 112 Å². The van der Waals surface area contributed by atoms with Crippen molar-refractivity contribution in [1.82, 2.24) is 9.55 Å². The second kappa shape index (κ2) is 4.43. The summed E-state index contributed by atoms with van der Waals surface area (Å²) in [6.45, 7) is 4.38. The molecule has 0 spiro atoms. The maximum Gasteiger partial charge on any atom is 0.205 e. The Morgan fingerprint density at radius 1 is 1.00 bits per heavy atom. The number of aromatic nitrogens is 2. The standard InChI is InChI=1S/C16H17N3/c1-11(2)12-7-9-13(10-8-12)19-15-6-4-3-5-14(15)18-16(19)17/h3-11H,1-2H3,(H2,17,18). The van der Waals surface area contributed by atoms with Gasteiger partial charge in [0.1, 0.15) is 0 Å². The molecule has 0 unspecified atom stereocenters. The summed E-state index contributed by atoms with van der Waals surface area (Å²) in [6, 6.07) is 16.5. The highest BCUT2D eigenvalue weighted by Crippen LogP contribution is 2.24. The van der Waals surface area contributed by atoms with Gasteiger partial charge in [0.15, 0.2) is 0 Å². The number of para-hydroxylation sites is 2. The average molecular weight is 251 g/mol. The van der Waals surface area contributed by atoms with Crippen LogP contribution in [0.1, 0.15) is 25.3 Å². The van der Waals surface area contributed by atoms with Gasteiger partial charge >= 0.3 is 0 Å². The van der Waals surface area contributed by atoms with Crippen LogP contribution in [0.25, 0.3) is 16.7 Å². The lowest BCUT2D eigenvalue weighted by molar-refractivity contribution is 0.865. The van der Waals surface area contributed by atoms with E-state index in [4.69, 9.17) is 5.73 Å². The molecule has 0 atom stereocenters. The van der Waals surface area contributed by atoms with E-state index in [9.17, 15) is 0 Å². The van der Waals surface area contributed by atoms with E-state index in [1.54, 1.807) is 0 Å². The van der Waals surface area contributed by atoms with Crippen molar-refractivity contribution in [2.24, 2.45) is 0 Å². The zero-order chi connectivity index (χ0) is 13.4. The highest BCUT2D eigenvalue weighted by atomic mass is 15.2. The summed E-state index contributed by atoms with van der Waals surface area (Å²) in [4.78, 5) is 4.39. The van der Waals surface area contributed by atoms with Crippen LogP contribution in [0.15, 0.2) is 48.5 Å². The van der Waals surface area contributed by atoms with Crippen LogP contribution in [0, 0.1) is 0 Å². The molecule has 0 aliphatic rings. The van der Waals surface area contributed by atoms with Crippen molar-refractivity contribution in [3.63, 3.8) is 0 Å². The zero-order valence-corrected chi connectivity index (χ0v) is 11.2. The molecule has 0 saturated carbocycles. The van der Waals surface area contributed by atoms with Gasteiger partial charge in [0, 0.05) is 5.69 Å². The van der Waals surface area contributed by atoms with Crippen molar-refractivity contribution in [2.45, 2.75) is 19.8 Å². The molecular formula is C16H17N3. The monoisotopic (exact) mass is 251 g/mol. The molecule has 3 rings (SSSR count). The molecule has 0 saturated heterocycles. The fourth-order valence-corrected chi connectivity index (χ4v) is 2.32. The summed E-state index contributed by atoms with van der Waals surface area (Å²) in [5.74, 6) is 1.06. The number of anilines is 1. The van der Waals surface area contributed by atoms with E-state index in [-0.39, 0.29) is 0 Å². The molecule has 2 aromatic carbocycles. The van der Waals surface area contributed by atoms with Crippen LogP contribution in [0.5, 0.6) is 0 Å². The molecule has 0 radical (unpaired) electrons. The lowest BCUT2D eigenvalue weighted by Crippen LogP contribution is -2.00. The fraction of sp³-hybridized carbons (Fsp3) is 0.188. The van der Waals surface area contributed by atoms with Crippen molar-refractivity contribution in [1.29, 1.82) is 0 Å². The summed E-state index contributed by atoms with van der Waals surface area (Å²) in [5.41, 5.74) is 10.4. The van der Waals surface area contributed by atoms with Gasteiger partial charge in [0.25, 0.3) is 0 Å². The van der Waals surface area contributed by atoms with E-state index >= 15 is 0 Å². The van der Waals surface area contributed by atoms with Crippen LogP contribution in [0.3, 0.4) is 0 Å². The Morgan fingerprint density at radius 2 is 1.68 bits per heavy atom. The van der Waals surface area contributed by atoms with Gasteiger partial charge in [-0.05, 0) is 35.7 Å². The third-order valence-corrected chi connectivity index (χ3v) is 3.40. The molecule has 0 aliphatic carbocycles. The Bertz CT molecular complexity index is 708. The molecule has 0 bridgehead atoms. The van der Waals surface area contributed by atoms with E-state index in [1.165, 1.54) is 5.56 Å². The molecule has 1 heterocycles. The molecule has 96 valence electrons. The molecular weight excluding hydrogens is 234 g/mol. The van der Waals surface area contributed by atoms with Gasteiger partial charge in [-0.3, -0.25) is 4.57 Å². The molecule has 3 nitrogen and oxygen atoms in total. The number of benzene rings is 2. The van der Waals surface area contributed by atoms with Gasteiger partial charge in [-0.15, -0.1) is 0 Å². The molecule has 1 aromatic heterocycles. The molecule has 2 N–H and O–H groups in total. The first-order valence-corrected chi connectivity index (χ1v) is 6.50. The number of fused-ring (bicyclic) bond motifs is 1. The second-order valence-corrected chi connectivity index (χ2v) is 5.04. The number of nitrogens with zero attached hydrogens (tertiary/aromatic N) is 2. The van der Waals surface area contributed by atoms with E-state index < -0.39 is 0 Å². The molecule has 0 amide bonds. The number of rotatable bonds is 2. The van der Waals surface area contributed by atoms with Crippen LogP contribution in [0.2, 0.25) is 0 Å². The molecule has 0 fully saturated rings. The van der Waals surface area contributed by atoms with Crippen LogP contribution in [-0.2, 0) is 0 Å². The predicted molar refractivity (Wildman–Crippen MR) is 79.6 cm³/mol. The highest BCUT2D eigenvalue weighted by molar-refractivity contribution is 5.80. The second-order valence-electron chi connectivity index (χ2n) is 5.04. The minimum atomic E-state index is 0.526. The van der Waals surface area contributed by atoms with Crippen LogP contribution in [-0.4, -0.2) is 9.55 Å². The van der Waals surface area contributed by atoms with Crippen molar-refractivity contribution >= 4 is 17.0 Å². The number of nitrogen functional groups attached to an aromatic ring is 1. The molecule has 19 heavy (non-hydrogen) atoms. The zero-order valence-electron chi connectivity index (χ0n) is 11.2. The number of hydrogen-bond donors (Lipinski definition) is 1. The van der Waals surface area contributed by atoms with Gasteiger partial charge in [-0.2, -0.15) is 0 Å². The number of nitrogens with two attached hydrogens (primary N) is 1. The van der Waals surface area contributed by atoms with Gasteiger partial charge in [0.2, 0.25) is 5.95 Å². The molecule has 0 aliphatic heterocycles. The Hall–Kier alpha value is -2.29. The number of imidazole rings is 1. The Balaban J connectivity index is 2.16. The van der Waals surface area contributed by atoms with Gasteiger partial charge < -0.3 is 5.73 Å². The third kappa shape index (κ3) is 1.97. The lowest BCUT2D eigenvalue weighted by Gasteiger charge is -2.09. The quantitative estimate of drug-likeness (QED) is 0.754. The average Bonchev–Trinajstić information content (AvgIpc) is 2.74. The van der Waals surface area contributed by atoms with Crippen molar-refractivity contribution < 1.29 is 0 Å². The van der Waals surface area contributed by atoms with Crippen LogP contribution >= 0.6 is 0 Å². The summed E-state index contributed by atoms with van der Waals surface area (Å²) >= 11 is 0. The van der Waals surface area contributed by atoms with Gasteiger partial charge in [-0.1, -0.05) is 38.1 Å². The van der Waals surface area contributed by atoms with Gasteiger partial charge in [-0.25, -0.2) is 4.98 Å². The Kier molecular flexibility index (Phi) is 2.75. The maximum atomic E-state index is 6.04. The summed E-state index contributed by atoms with van der Waals surface area (Å²) < 4.78 is 1.99. The largest absolute Gasteiger partial charge is 0.369 e. The van der Waals surface area contributed by atoms with E-state index in [1.807, 2.05) is 28.8 Å². The fourth-order valence-electron chi connectivity index (χ4n) is 2.32. The van der Waals surface area contributed by atoms with Crippen molar-refractivity contribution in [3.8, 4) is 5.69 Å². The predicted octanol–water partition coefficient (Wildman–Crippen LogP) is 3.73.